The molecule has 7 heteroatoms. The lowest BCUT2D eigenvalue weighted by Crippen LogP contribution is -2.50. The van der Waals surface area contributed by atoms with Crippen LogP contribution >= 0.6 is 15.9 Å². The summed E-state index contributed by atoms with van der Waals surface area (Å²) in [4.78, 5) is -0.320. The first-order valence-electron chi connectivity index (χ1n) is 6.08. The van der Waals surface area contributed by atoms with Crippen LogP contribution in [-0.4, -0.2) is 27.5 Å². The van der Waals surface area contributed by atoms with Crippen molar-refractivity contribution >= 4 is 26.0 Å². The van der Waals surface area contributed by atoms with E-state index in [1.807, 2.05) is 6.92 Å². The van der Waals surface area contributed by atoms with Crippen LogP contribution in [0, 0.1) is 11.7 Å². The molecular formula is C12H16BrFN2O2S. The molecule has 2 atom stereocenters. The van der Waals surface area contributed by atoms with E-state index in [9.17, 15) is 12.8 Å². The maximum atomic E-state index is 13.7. The molecule has 1 aliphatic heterocycles. The van der Waals surface area contributed by atoms with Gasteiger partial charge in [-0.05, 0) is 37.1 Å². The number of benzene rings is 1. The van der Waals surface area contributed by atoms with Gasteiger partial charge in [-0.25, -0.2) is 17.5 Å². The van der Waals surface area contributed by atoms with E-state index < -0.39 is 15.8 Å². The Balaban J connectivity index is 2.24. The van der Waals surface area contributed by atoms with Gasteiger partial charge in [0.25, 0.3) is 0 Å². The molecule has 0 aliphatic carbocycles. The Morgan fingerprint density at radius 3 is 2.89 bits per heavy atom. The highest BCUT2D eigenvalue weighted by Gasteiger charge is 2.28. The van der Waals surface area contributed by atoms with Crippen molar-refractivity contribution in [2.24, 2.45) is 5.92 Å². The highest BCUT2D eigenvalue weighted by molar-refractivity contribution is 9.10. The van der Waals surface area contributed by atoms with Crippen LogP contribution in [0.4, 0.5) is 4.39 Å². The first-order valence-corrected chi connectivity index (χ1v) is 8.36. The van der Waals surface area contributed by atoms with Crippen LogP contribution in [0.5, 0.6) is 0 Å². The van der Waals surface area contributed by atoms with Gasteiger partial charge in [0, 0.05) is 17.1 Å². The van der Waals surface area contributed by atoms with Gasteiger partial charge in [-0.2, -0.15) is 0 Å². The Bertz CT molecular complexity index is 565. The van der Waals surface area contributed by atoms with Crippen molar-refractivity contribution in [1.29, 1.82) is 0 Å². The molecule has 106 valence electrons. The van der Waals surface area contributed by atoms with Crippen molar-refractivity contribution in [3.63, 3.8) is 0 Å². The van der Waals surface area contributed by atoms with Gasteiger partial charge in [-0.3, -0.25) is 0 Å². The van der Waals surface area contributed by atoms with Crippen LogP contribution < -0.4 is 10.0 Å². The van der Waals surface area contributed by atoms with Crippen molar-refractivity contribution in [2.75, 3.05) is 13.1 Å². The zero-order valence-electron chi connectivity index (χ0n) is 10.5. The lowest BCUT2D eigenvalue weighted by Gasteiger charge is -2.30. The molecular weight excluding hydrogens is 335 g/mol. The molecule has 2 unspecified atom stereocenters. The van der Waals surface area contributed by atoms with Crippen molar-refractivity contribution in [2.45, 2.75) is 24.3 Å². The zero-order valence-corrected chi connectivity index (χ0v) is 12.9. The van der Waals surface area contributed by atoms with Gasteiger partial charge in [0.1, 0.15) is 10.7 Å². The quantitative estimate of drug-likeness (QED) is 0.874. The number of hydrogen-bond acceptors (Lipinski definition) is 3. The van der Waals surface area contributed by atoms with Crippen molar-refractivity contribution < 1.29 is 12.8 Å². The second-order valence-electron chi connectivity index (χ2n) is 4.77. The second-order valence-corrected chi connectivity index (χ2v) is 7.37. The van der Waals surface area contributed by atoms with E-state index in [2.05, 4.69) is 26.0 Å². The summed E-state index contributed by atoms with van der Waals surface area (Å²) in [5.41, 5.74) is 0. The molecule has 1 heterocycles. The maximum absolute atomic E-state index is 13.7. The van der Waals surface area contributed by atoms with Crippen LogP contribution in [0.15, 0.2) is 27.6 Å². The Morgan fingerprint density at radius 2 is 2.21 bits per heavy atom. The summed E-state index contributed by atoms with van der Waals surface area (Å²) >= 11 is 3.15. The number of rotatable bonds is 3. The predicted molar refractivity (Wildman–Crippen MR) is 74.9 cm³/mol. The van der Waals surface area contributed by atoms with E-state index in [1.165, 1.54) is 12.1 Å². The highest BCUT2D eigenvalue weighted by atomic mass is 79.9. The number of piperidine rings is 1. The van der Waals surface area contributed by atoms with Gasteiger partial charge >= 0.3 is 0 Å². The molecule has 0 aromatic heterocycles. The first kappa shape index (κ1) is 14.9. The molecule has 0 amide bonds. The van der Waals surface area contributed by atoms with E-state index in [-0.39, 0.29) is 16.9 Å². The highest BCUT2D eigenvalue weighted by Crippen LogP contribution is 2.21. The summed E-state index contributed by atoms with van der Waals surface area (Å²) in [5.74, 6) is -0.515. The van der Waals surface area contributed by atoms with E-state index in [0.717, 1.165) is 19.0 Å². The second kappa shape index (κ2) is 5.87. The zero-order chi connectivity index (χ0) is 14.0. The van der Waals surface area contributed by atoms with Crippen LogP contribution in [0.1, 0.15) is 13.3 Å². The molecule has 1 aromatic rings. The van der Waals surface area contributed by atoms with Gasteiger partial charge < -0.3 is 5.32 Å². The van der Waals surface area contributed by atoms with Crippen molar-refractivity contribution in [3.05, 3.63) is 28.5 Å². The van der Waals surface area contributed by atoms with E-state index in [0.29, 0.717) is 11.0 Å². The third-order valence-electron chi connectivity index (χ3n) is 3.32. The smallest absolute Gasteiger partial charge is 0.243 e. The minimum Gasteiger partial charge on any atom is -0.315 e. The lowest BCUT2D eigenvalue weighted by molar-refractivity contribution is 0.327. The number of halogens is 2. The Kier molecular flexibility index (Phi) is 4.60. The first-order chi connectivity index (χ1) is 8.90. The van der Waals surface area contributed by atoms with Crippen LogP contribution in [0.25, 0.3) is 0 Å². The topological polar surface area (TPSA) is 58.2 Å². The summed E-state index contributed by atoms with van der Waals surface area (Å²) < 4.78 is 41.2. The fraction of sp³-hybridized carbons (Fsp3) is 0.500. The fourth-order valence-electron chi connectivity index (χ4n) is 2.09. The van der Waals surface area contributed by atoms with Gasteiger partial charge in [-0.15, -0.1) is 0 Å². The van der Waals surface area contributed by atoms with Crippen LogP contribution in [-0.2, 0) is 10.0 Å². The number of sulfonamides is 1. The Morgan fingerprint density at radius 1 is 1.47 bits per heavy atom. The molecule has 0 spiro atoms. The standard InChI is InChI=1S/C12H16BrFN2O2S/c1-8-4-5-15-7-11(8)16-19(17,18)12-6-9(13)2-3-10(12)14/h2-3,6,8,11,15-16H,4-5,7H2,1H3. The molecule has 4 nitrogen and oxygen atoms in total. The normalized spacial score (nSPS) is 24.4. The fourth-order valence-corrected chi connectivity index (χ4v) is 4.05. The third-order valence-corrected chi connectivity index (χ3v) is 5.32. The Hall–Kier alpha value is -0.500. The number of hydrogen-bond donors (Lipinski definition) is 2. The van der Waals surface area contributed by atoms with Gasteiger partial charge in [0.2, 0.25) is 10.0 Å². The largest absolute Gasteiger partial charge is 0.315 e. The average molecular weight is 351 g/mol. The summed E-state index contributed by atoms with van der Waals surface area (Å²) in [7, 11) is -3.84. The monoisotopic (exact) mass is 350 g/mol. The summed E-state index contributed by atoms with van der Waals surface area (Å²) in [6, 6.07) is 3.68. The minimum absolute atomic E-state index is 0.211. The van der Waals surface area contributed by atoms with Crippen molar-refractivity contribution in [1.82, 2.24) is 10.0 Å². The minimum atomic E-state index is -3.84. The summed E-state index contributed by atoms with van der Waals surface area (Å²) in [6.07, 6.45) is 0.897. The van der Waals surface area contributed by atoms with E-state index >= 15 is 0 Å². The summed E-state index contributed by atoms with van der Waals surface area (Å²) in [5, 5.41) is 3.14. The molecule has 2 rings (SSSR count). The molecule has 1 aromatic carbocycles. The third kappa shape index (κ3) is 3.53. The predicted octanol–water partition coefficient (Wildman–Crippen LogP) is 1.86. The SMILES string of the molecule is CC1CCNCC1NS(=O)(=O)c1cc(Br)ccc1F. The maximum Gasteiger partial charge on any atom is 0.243 e. The summed E-state index contributed by atoms with van der Waals surface area (Å²) in [6.45, 7) is 3.44. The van der Waals surface area contributed by atoms with Gasteiger partial charge in [0.15, 0.2) is 0 Å². The van der Waals surface area contributed by atoms with Gasteiger partial charge in [0.05, 0.1) is 0 Å². The number of nitrogens with one attached hydrogen (secondary N) is 2. The lowest BCUT2D eigenvalue weighted by atomic mass is 9.96. The molecule has 2 N–H and O–H groups in total. The van der Waals surface area contributed by atoms with Gasteiger partial charge in [-0.1, -0.05) is 22.9 Å². The van der Waals surface area contributed by atoms with Crippen LogP contribution in [0.2, 0.25) is 0 Å². The molecule has 0 radical (unpaired) electrons. The van der Waals surface area contributed by atoms with E-state index in [4.69, 9.17) is 0 Å². The van der Waals surface area contributed by atoms with Crippen LogP contribution in [0.3, 0.4) is 0 Å². The molecule has 0 bridgehead atoms. The molecule has 19 heavy (non-hydrogen) atoms. The molecule has 1 aliphatic rings. The average Bonchev–Trinajstić information content (AvgIpc) is 2.35. The van der Waals surface area contributed by atoms with Crippen molar-refractivity contribution in [3.8, 4) is 0 Å². The molecule has 0 saturated carbocycles. The molecule has 1 saturated heterocycles. The molecule has 1 fully saturated rings. The van der Waals surface area contributed by atoms with E-state index in [1.54, 1.807) is 0 Å². The Labute approximate surface area is 121 Å².